The maximum Gasteiger partial charge on any atom is 0.410 e. The van der Waals surface area contributed by atoms with Gasteiger partial charge in [0.15, 0.2) is 0 Å². The molecule has 0 aromatic heterocycles. The number of halogens is 1. The Hall–Kier alpha value is -2.06. The number of benzene rings is 1. The lowest BCUT2D eigenvalue weighted by molar-refractivity contribution is -0.384. The van der Waals surface area contributed by atoms with Crippen LogP contribution < -0.4 is 4.90 Å². The Morgan fingerprint density at radius 1 is 1.19 bits per heavy atom. The summed E-state index contributed by atoms with van der Waals surface area (Å²) >= 11 is 6.14. The summed E-state index contributed by atoms with van der Waals surface area (Å²) < 4.78 is 5.62. The summed E-state index contributed by atoms with van der Waals surface area (Å²) in [5.41, 5.74) is 1.26. The Kier molecular flexibility index (Phi) is 7.31. The Morgan fingerprint density at radius 2 is 1.87 bits per heavy atom. The van der Waals surface area contributed by atoms with Crippen LogP contribution in [0.1, 0.15) is 45.6 Å². The zero-order valence-electron chi connectivity index (χ0n) is 18.9. The molecule has 0 saturated carbocycles. The second kappa shape index (κ2) is 9.61. The fraction of sp³-hybridized carbons (Fsp3) is 0.682. The Bertz CT molecular complexity index is 818. The van der Waals surface area contributed by atoms with E-state index in [1.807, 2.05) is 32.6 Å². The fourth-order valence-corrected chi connectivity index (χ4v) is 4.58. The molecule has 0 radical (unpaired) electrons. The van der Waals surface area contributed by atoms with Crippen molar-refractivity contribution >= 4 is 29.1 Å². The minimum Gasteiger partial charge on any atom is -0.444 e. The van der Waals surface area contributed by atoms with Crippen molar-refractivity contribution in [2.45, 2.75) is 58.6 Å². The van der Waals surface area contributed by atoms with Crippen molar-refractivity contribution < 1.29 is 14.5 Å². The SMILES string of the molecule is Cc1cc([N+](=O)[O-])c(Cl)cc1N1CCN(CC2CCCCN2C(=O)OC(C)(C)C)CC1. The van der Waals surface area contributed by atoms with Crippen molar-refractivity contribution in [1.82, 2.24) is 9.80 Å². The van der Waals surface area contributed by atoms with Crippen LogP contribution in [0.25, 0.3) is 0 Å². The number of rotatable bonds is 4. The molecule has 2 saturated heterocycles. The third kappa shape index (κ3) is 6.01. The molecule has 2 aliphatic heterocycles. The number of nitro benzene ring substituents is 1. The van der Waals surface area contributed by atoms with E-state index in [-0.39, 0.29) is 22.8 Å². The summed E-state index contributed by atoms with van der Waals surface area (Å²) in [7, 11) is 0. The first-order chi connectivity index (χ1) is 14.5. The van der Waals surface area contributed by atoms with Gasteiger partial charge in [-0.1, -0.05) is 11.6 Å². The molecular formula is C22H33ClN4O4. The van der Waals surface area contributed by atoms with E-state index >= 15 is 0 Å². The van der Waals surface area contributed by atoms with Gasteiger partial charge in [-0.05, 0) is 58.6 Å². The maximum atomic E-state index is 12.7. The van der Waals surface area contributed by atoms with Crippen molar-refractivity contribution in [2.75, 3.05) is 44.2 Å². The van der Waals surface area contributed by atoms with E-state index in [0.717, 1.165) is 69.8 Å². The van der Waals surface area contributed by atoms with Gasteiger partial charge in [-0.25, -0.2) is 4.79 Å². The lowest BCUT2D eigenvalue weighted by atomic mass is 10.0. The summed E-state index contributed by atoms with van der Waals surface area (Å²) in [5, 5.41) is 11.3. The minimum absolute atomic E-state index is 0.0546. The number of anilines is 1. The largest absolute Gasteiger partial charge is 0.444 e. The van der Waals surface area contributed by atoms with E-state index in [0.29, 0.717) is 0 Å². The lowest BCUT2D eigenvalue weighted by Crippen LogP contribution is -2.54. The summed E-state index contributed by atoms with van der Waals surface area (Å²) in [6, 6.07) is 3.42. The molecular weight excluding hydrogens is 420 g/mol. The number of likely N-dealkylation sites (tertiary alicyclic amines) is 1. The standard InChI is InChI=1S/C22H33ClN4O4/c1-16-13-20(27(29)30)18(23)14-19(16)25-11-9-24(10-12-25)15-17-7-5-6-8-26(17)21(28)31-22(2,3)4/h13-14,17H,5-12,15H2,1-4H3. The number of ether oxygens (including phenoxy) is 1. The number of amides is 1. The van der Waals surface area contributed by atoms with Crippen LogP contribution in [0.3, 0.4) is 0 Å². The van der Waals surface area contributed by atoms with Gasteiger partial charge in [0.2, 0.25) is 0 Å². The zero-order valence-corrected chi connectivity index (χ0v) is 19.7. The summed E-state index contributed by atoms with van der Waals surface area (Å²) in [5.74, 6) is 0. The third-order valence-corrected chi connectivity index (χ3v) is 6.20. The van der Waals surface area contributed by atoms with Crippen molar-refractivity contribution in [3.05, 3.63) is 32.8 Å². The van der Waals surface area contributed by atoms with Crippen LogP contribution in [0.2, 0.25) is 5.02 Å². The highest BCUT2D eigenvalue weighted by atomic mass is 35.5. The summed E-state index contributed by atoms with van der Waals surface area (Å²) in [6.07, 6.45) is 2.93. The Balaban J connectivity index is 1.60. The molecule has 31 heavy (non-hydrogen) atoms. The maximum absolute atomic E-state index is 12.7. The highest BCUT2D eigenvalue weighted by molar-refractivity contribution is 6.33. The molecule has 2 fully saturated rings. The molecule has 1 amide bonds. The number of carbonyl (C=O) groups is 1. The number of hydrogen-bond donors (Lipinski definition) is 0. The average Bonchev–Trinajstić information content (AvgIpc) is 2.69. The smallest absolute Gasteiger partial charge is 0.410 e. The van der Waals surface area contributed by atoms with Crippen molar-refractivity contribution in [2.24, 2.45) is 0 Å². The number of hydrogen-bond acceptors (Lipinski definition) is 6. The lowest BCUT2D eigenvalue weighted by Gasteiger charge is -2.42. The van der Waals surface area contributed by atoms with Crippen LogP contribution in [-0.2, 0) is 4.74 Å². The molecule has 172 valence electrons. The van der Waals surface area contributed by atoms with Gasteiger partial charge < -0.3 is 14.5 Å². The first-order valence-electron chi connectivity index (χ1n) is 11.0. The van der Waals surface area contributed by atoms with E-state index in [9.17, 15) is 14.9 Å². The molecule has 0 N–H and O–H groups in total. The van der Waals surface area contributed by atoms with E-state index < -0.39 is 10.5 Å². The summed E-state index contributed by atoms with van der Waals surface area (Å²) in [4.78, 5) is 29.9. The first-order valence-corrected chi connectivity index (χ1v) is 11.3. The van der Waals surface area contributed by atoms with Gasteiger partial charge in [-0.15, -0.1) is 0 Å². The number of nitro groups is 1. The molecule has 1 unspecified atom stereocenters. The van der Waals surface area contributed by atoms with Gasteiger partial charge >= 0.3 is 6.09 Å². The minimum atomic E-state index is -0.491. The van der Waals surface area contributed by atoms with Crippen molar-refractivity contribution in [3.8, 4) is 0 Å². The predicted molar refractivity (Wildman–Crippen MR) is 122 cm³/mol. The number of carbonyl (C=O) groups excluding carboxylic acids is 1. The molecule has 0 spiro atoms. The van der Waals surface area contributed by atoms with Gasteiger partial charge in [-0.3, -0.25) is 15.0 Å². The molecule has 1 atom stereocenters. The molecule has 2 aliphatic rings. The molecule has 2 heterocycles. The van der Waals surface area contributed by atoms with Crippen LogP contribution in [0.15, 0.2) is 12.1 Å². The second-order valence-electron chi connectivity index (χ2n) is 9.46. The van der Waals surface area contributed by atoms with Crippen LogP contribution >= 0.6 is 11.6 Å². The van der Waals surface area contributed by atoms with Crippen molar-refractivity contribution in [3.63, 3.8) is 0 Å². The molecule has 8 nitrogen and oxygen atoms in total. The number of aryl methyl sites for hydroxylation is 1. The van der Waals surface area contributed by atoms with Gasteiger partial charge in [0.05, 0.1) is 4.92 Å². The highest BCUT2D eigenvalue weighted by Crippen LogP contribution is 2.33. The highest BCUT2D eigenvalue weighted by Gasteiger charge is 2.32. The topological polar surface area (TPSA) is 79.2 Å². The van der Waals surface area contributed by atoms with Crippen LogP contribution in [0.4, 0.5) is 16.2 Å². The normalized spacial score (nSPS) is 20.6. The molecule has 1 aromatic carbocycles. The number of nitrogens with zero attached hydrogens (tertiary/aromatic N) is 4. The molecule has 0 bridgehead atoms. The first kappa shape index (κ1) is 23.6. The zero-order chi connectivity index (χ0) is 22.8. The van der Waals surface area contributed by atoms with Crippen LogP contribution in [0, 0.1) is 17.0 Å². The van der Waals surface area contributed by atoms with E-state index in [1.165, 1.54) is 0 Å². The molecule has 0 aliphatic carbocycles. The van der Waals surface area contributed by atoms with Gasteiger partial charge in [0.1, 0.15) is 10.6 Å². The van der Waals surface area contributed by atoms with E-state index in [4.69, 9.17) is 16.3 Å². The molecule has 9 heteroatoms. The Morgan fingerprint density at radius 3 is 2.48 bits per heavy atom. The summed E-state index contributed by atoms with van der Waals surface area (Å²) in [6.45, 7) is 12.5. The fourth-order valence-electron chi connectivity index (χ4n) is 4.36. The second-order valence-corrected chi connectivity index (χ2v) is 9.87. The number of piperazine rings is 1. The third-order valence-electron chi connectivity index (χ3n) is 5.90. The van der Waals surface area contributed by atoms with E-state index in [2.05, 4.69) is 9.80 Å². The average molecular weight is 453 g/mol. The number of piperidine rings is 1. The quantitative estimate of drug-likeness (QED) is 0.495. The van der Waals surface area contributed by atoms with E-state index in [1.54, 1.807) is 12.1 Å². The molecule has 1 aromatic rings. The molecule has 3 rings (SSSR count). The van der Waals surface area contributed by atoms with Gasteiger partial charge in [0, 0.05) is 57.1 Å². The van der Waals surface area contributed by atoms with Crippen LogP contribution in [0.5, 0.6) is 0 Å². The van der Waals surface area contributed by atoms with Crippen LogP contribution in [-0.4, -0.2) is 71.7 Å². The van der Waals surface area contributed by atoms with Crippen molar-refractivity contribution in [1.29, 1.82) is 0 Å². The van der Waals surface area contributed by atoms with Gasteiger partial charge in [0.25, 0.3) is 5.69 Å². The predicted octanol–water partition coefficient (Wildman–Crippen LogP) is 4.47. The van der Waals surface area contributed by atoms with Gasteiger partial charge in [-0.2, -0.15) is 0 Å². The monoisotopic (exact) mass is 452 g/mol. The Labute approximate surface area is 189 Å².